The molecule has 448 valence electrons. The van der Waals surface area contributed by atoms with Crippen molar-refractivity contribution in [3.63, 3.8) is 0 Å². The number of unbranched alkanes of at least 4 members (excludes halogenated alkanes) is 20. The van der Waals surface area contributed by atoms with Gasteiger partial charge in [-0.05, 0) is 109 Å². The summed E-state index contributed by atoms with van der Waals surface area (Å²) in [5.74, 6) is -3.32. The number of hydrogen-bond donors (Lipinski definition) is 3. The Hall–Kier alpha value is -4.62. The van der Waals surface area contributed by atoms with Crippen LogP contribution in [0.1, 0.15) is 239 Å². The van der Waals surface area contributed by atoms with Gasteiger partial charge in [0.05, 0.1) is 13.0 Å². The van der Waals surface area contributed by atoms with Gasteiger partial charge in [0.1, 0.15) is 18.8 Å². The number of esters is 3. The molecule has 6 atom stereocenters. The van der Waals surface area contributed by atoms with Crippen LogP contribution in [-0.4, -0.2) is 89.2 Å². The second kappa shape index (κ2) is 54.0. The molecule has 1 saturated heterocycles. The zero-order valence-electron chi connectivity index (χ0n) is 49.3. The highest BCUT2D eigenvalue weighted by atomic mass is 16.7. The van der Waals surface area contributed by atoms with Crippen molar-refractivity contribution in [1.82, 2.24) is 0 Å². The van der Waals surface area contributed by atoms with Crippen molar-refractivity contribution in [2.45, 2.75) is 276 Å². The first-order valence-electron chi connectivity index (χ1n) is 30.9. The smallest absolute Gasteiger partial charge is 0.335 e. The summed E-state index contributed by atoms with van der Waals surface area (Å²) in [4.78, 5) is 51.1. The highest BCUT2D eigenvalue weighted by molar-refractivity contribution is 5.74. The van der Waals surface area contributed by atoms with E-state index in [1.807, 2.05) is 12.2 Å². The maximum absolute atomic E-state index is 13.2. The minimum Gasteiger partial charge on any atom is -0.479 e. The Labute approximate surface area is 478 Å². The molecule has 0 aromatic heterocycles. The van der Waals surface area contributed by atoms with Gasteiger partial charge >= 0.3 is 23.9 Å². The Morgan fingerprint density at radius 1 is 0.443 bits per heavy atom. The topological polar surface area (TPSA) is 175 Å². The van der Waals surface area contributed by atoms with E-state index in [-0.39, 0.29) is 25.9 Å². The summed E-state index contributed by atoms with van der Waals surface area (Å²) in [6, 6.07) is 0. The molecule has 79 heavy (non-hydrogen) atoms. The van der Waals surface area contributed by atoms with E-state index in [4.69, 9.17) is 23.7 Å². The molecule has 0 aliphatic carbocycles. The molecule has 1 heterocycles. The molecule has 0 radical (unpaired) electrons. The first-order chi connectivity index (χ1) is 38.6. The monoisotopic (exact) mass is 1100 g/mol. The summed E-state index contributed by atoms with van der Waals surface area (Å²) in [5.41, 5.74) is 0. The van der Waals surface area contributed by atoms with E-state index in [1.165, 1.54) is 57.8 Å². The van der Waals surface area contributed by atoms with Gasteiger partial charge in [-0.15, -0.1) is 0 Å². The third-order valence-corrected chi connectivity index (χ3v) is 13.3. The zero-order chi connectivity index (χ0) is 57.5. The lowest BCUT2D eigenvalue weighted by Gasteiger charge is -2.40. The van der Waals surface area contributed by atoms with E-state index in [0.717, 1.165) is 122 Å². The van der Waals surface area contributed by atoms with Gasteiger partial charge in [-0.3, -0.25) is 14.4 Å². The molecule has 0 saturated carbocycles. The normalized spacial score (nSPS) is 18.6. The Morgan fingerprint density at radius 3 is 1.32 bits per heavy atom. The number of aliphatic carboxylic acids is 1. The van der Waals surface area contributed by atoms with Crippen LogP contribution in [0.15, 0.2) is 109 Å². The van der Waals surface area contributed by atoms with Crippen molar-refractivity contribution in [3.8, 4) is 0 Å². The molecule has 3 N–H and O–H groups in total. The molecule has 12 nitrogen and oxygen atoms in total. The lowest BCUT2D eigenvalue weighted by atomic mass is 9.98. The number of aliphatic hydroxyl groups is 2. The van der Waals surface area contributed by atoms with Gasteiger partial charge in [-0.25, -0.2) is 4.79 Å². The average Bonchev–Trinajstić information content (AvgIpc) is 3.46. The molecule has 1 fully saturated rings. The van der Waals surface area contributed by atoms with Gasteiger partial charge in [0.15, 0.2) is 24.6 Å². The van der Waals surface area contributed by atoms with E-state index in [9.17, 15) is 34.5 Å². The molecule has 0 amide bonds. The van der Waals surface area contributed by atoms with Crippen LogP contribution in [0.3, 0.4) is 0 Å². The molecule has 1 aliphatic heterocycles. The maximum Gasteiger partial charge on any atom is 0.335 e. The fourth-order valence-electron chi connectivity index (χ4n) is 8.62. The molecule has 12 heteroatoms. The zero-order valence-corrected chi connectivity index (χ0v) is 49.3. The van der Waals surface area contributed by atoms with Gasteiger partial charge in [0.25, 0.3) is 0 Å². The number of carbonyl (C=O) groups excluding carboxylic acids is 3. The van der Waals surface area contributed by atoms with Crippen LogP contribution in [0.25, 0.3) is 0 Å². The van der Waals surface area contributed by atoms with Gasteiger partial charge in [0.2, 0.25) is 0 Å². The summed E-state index contributed by atoms with van der Waals surface area (Å²) in [6.45, 7) is 5.75. The van der Waals surface area contributed by atoms with Crippen LogP contribution in [0, 0.1) is 0 Å². The van der Waals surface area contributed by atoms with E-state index < -0.39 is 67.3 Å². The minimum absolute atomic E-state index is 0.0219. The molecule has 0 spiro atoms. The van der Waals surface area contributed by atoms with E-state index in [1.54, 1.807) is 6.08 Å². The number of ether oxygens (including phenoxy) is 5. The predicted octanol–water partition coefficient (Wildman–Crippen LogP) is 16.2. The van der Waals surface area contributed by atoms with Crippen LogP contribution in [0.5, 0.6) is 0 Å². The number of carboxylic acid groups (broad SMARTS) is 1. The van der Waals surface area contributed by atoms with Crippen molar-refractivity contribution in [3.05, 3.63) is 109 Å². The number of allylic oxidation sites excluding steroid dienone is 17. The molecule has 0 aromatic carbocycles. The molecule has 1 rings (SSSR count). The summed E-state index contributed by atoms with van der Waals surface area (Å²) in [6.07, 6.45) is 60.7. The largest absolute Gasteiger partial charge is 0.479 e. The van der Waals surface area contributed by atoms with Crippen LogP contribution in [0.2, 0.25) is 0 Å². The van der Waals surface area contributed by atoms with Crippen LogP contribution < -0.4 is 0 Å². The van der Waals surface area contributed by atoms with Gasteiger partial charge in [-0.1, -0.05) is 220 Å². The summed E-state index contributed by atoms with van der Waals surface area (Å²) in [7, 11) is 0. The third kappa shape index (κ3) is 43.8. The Bertz CT molecular complexity index is 1790. The first-order valence-corrected chi connectivity index (χ1v) is 30.9. The lowest BCUT2D eigenvalue weighted by molar-refractivity contribution is -0.301. The van der Waals surface area contributed by atoms with Crippen LogP contribution in [0.4, 0.5) is 0 Å². The van der Waals surface area contributed by atoms with Crippen molar-refractivity contribution in [1.29, 1.82) is 0 Å². The fourth-order valence-corrected chi connectivity index (χ4v) is 8.62. The maximum atomic E-state index is 13.2. The summed E-state index contributed by atoms with van der Waals surface area (Å²) < 4.78 is 28.3. The predicted molar refractivity (Wildman–Crippen MR) is 321 cm³/mol. The van der Waals surface area contributed by atoms with E-state index in [2.05, 4.69) is 112 Å². The quantitative estimate of drug-likeness (QED) is 0.0228. The molecule has 1 aliphatic rings. The molecular formula is C67H108O12. The number of aliphatic hydroxyl groups excluding tert-OH is 2. The number of hydrogen-bond acceptors (Lipinski definition) is 11. The van der Waals surface area contributed by atoms with Crippen molar-refractivity contribution in [2.24, 2.45) is 0 Å². The average molecular weight is 1110 g/mol. The van der Waals surface area contributed by atoms with Crippen molar-refractivity contribution >= 4 is 23.9 Å². The highest BCUT2D eigenvalue weighted by Crippen LogP contribution is 2.26. The number of rotatable bonds is 51. The Balaban J connectivity index is 2.74. The Kier molecular flexibility index (Phi) is 49.5. The lowest BCUT2D eigenvalue weighted by Crippen LogP contribution is -2.61. The second-order valence-electron chi connectivity index (χ2n) is 20.6. The minimum atomic E-state index is -1.93. The van der Waals surface area contributed by atoms with Gasteiger partial charge in [-0.2, -0.15) is 0 Å². The van der Waals surface area contributed by atoms with Crippen LogP contribution in [-0.2, 0) is 42.9 Å². The van der Waals surface area contributed by atoms with E-state index >= 15 is 0 Å². The van der Waals surface area contributed by atoms with E-state index in [0.29, 0.717) is 19.3 Å². The summed E-state index contributed by atoms with van der Waals surface area (Å²) in [5, 5.41) is 31.5. The molecule has 0 bridgehead atoms. The molecule has 0 aromatic rings. The van der Waals surface area contributed by atoms with Crippen LogP contribution >= 0.6 is 0 Å². The van der Waals surface area contributed by atoms with Crippen molar-refractivity contribution < 1.29 is 58.2 Å². The second-order valence-corrected chi connectivity index (χ2v) is 20.6. The third-order valence-electron chi connectivity index (χ3n) is 13.3. The number of carboxylic acids is 1. The fraction of sp³-hybridized carbons (Fsp3) is 0.672. The first kappa shape index (κ1) is 72.4. The SMILES string of the molecule is CC/C=C\C/C=C\C/C=C\C/C=C\C/C=C\CC(=O)OCC(COC1OC(C(=O)O)C(O)C(O)C1OC(=O)CCCCCCCC/C=C\C/C=C\C/C=C\CCCCC)OC(=O)CCCCCCC/C=C\CCCCCCCC. The summed E-state index contributed by atoms with van der Waals surface area (Å²) >= 11 is 0. The Morgan fingerprint density at radius 2 is 0.835 bits per heavy atom. The van der Waals surface area contributed by atoms with Gasteiger partial charge < -0.3 is 39.0 Å². The van der Waals surface area contributed by atoms with Gasteiger partial charge in [0, 0.05) is 12.8 Å². The highest BCUT2D eigenvalue weighted by Gasteiger charge is 2.50. The van der Waals surface area contributed by atoms with Crippen molar-refractivity contribution in [2.75, 3.05) is 13.2 Å². The standard InChI is InChI=1S/C67H108O12/c1-4-7-10-13-16-19-22-25-28-29-30-31-34-37-40-43-46-49-52-55-61(70)78-65-63(72)62(71)64(66(73)74)79-67(65)76-57-58(77-60(69)54-51-48-45-42-39-36-33-27-24-21-18-15-12-9-6-3)56-75-59(68)53-50-47-44-41-38-35-32-26-23-20-17-14-11-8-5-2/h8,11,16-17,19-20,25-28,30-33,38,41,47,50,58,62-65,67,71-72H,4-7,9-10,12-15,18,21-24,29,34-37,39-40,42-46,48-49,51-57H2,1-3H3,(H,73,74)/b11-8-,19-16-,20-17-,28-25-,31-30-,32-26-,33-27-,41-38-,50-47-. The molecular weight excluding hydrogens is 997 g/mol. The number of carbonyl (C=O) groups is 4. The molecule has 6 unspecified atom stereocenters.